The highest BCUT2D eigenvalue weighted by molar-refractivity contribution is 6.06. The SMILES string of the molecule is CCOC(=O)/C(N)=C(\CCc1ccccc1)C(C)=Nc1ccccc1. The number of hydrogen-bond acceptors (Lipinski definition) is 4. The third kappa shape index (κ3) is 5.60. The number of nitrogens with zero attached hydrogens (tertiary/aromatic N) is 1. The minimum Gasteiger partial charge on any atom is -0.461 e. The second-order valence-corrected chi connectivity index (χ2v) is 5.63. The number of aliphatic imine (C=N–C) groups is 1. The highest BCUT2D eigenvalue weighted by Crippen LogP contribution is 2.18. The lowest BCUT2D eigenvalue weighted by Gasteiger charge is -2.12. The molecule has 0 atom stereocenters. The first-order valence-corrected chi connectivity index (χ1v) is 8.42. The van der Waals surface area contributed by atoms with E-state index in [0.717, 1.165) is 23.4 Å². The molecule has 0 heterocycles. The van der Waals surface area contributed by atoms with Gasteiger partial charge in [0.1, 0.15) is 5.70 Å². The molecule has 4 heteroatoms. The minimum absolute atomic E-state index is 0.134. The first kappa shape index (κ1) is 18.5. The van der Waals surface area contributed by atoms with Gasteiger partial charge in [-0.25, -0.2) is 4.79 Å². The molecule has 25 heavy (non-hydrogen) atoms. The van der Waals surface area contributed by atoms with Crippen LogP contribution in [0.2, 0.25) is 0 Å². The fraction of sp³-hybridized carbons (Fsp3) is 0.238. The van der Waals surface area contributed by atoms with Gasteiger partial charge < -0.3 is 10.5 Å². The van der Waals surface area contributed by atoms with Crippen molar-refractivity contribution in [2.45, 2.75) is 26.7 Å². The molecule has 0 aliphatic heterocycles. The summed E-state index contributed by atoms with van der Waals surface area (Å²) in [5, 5.41) is 0. The van der Waals surface area contributed by atoms with Gasteiger partial charge in [0.15, 0.2) is 0 Å². The summed E-state index contributed by atoms with van der Waals surface area (Å²) < 4.78 is 5.06. The highest BCUT2D eigenvalue weighted by atomic mass is 16.5. The molecule has 0 aromatic heterocycles. The number of hydrogen-bond donors (Lipinski definition) is 1. The van der Waals surface area contributed by atoms with Crippen LogP contribution in [-0.4, -0.2) is 18.3 Å². The Kier molecular flexibility index (Phi) is 6.96. The average molecular weight is 336 g/mol. The molecule has 2 N–H and O–H groups in total. The summed E-state index contributed by atoms with van der Waals surface area (Å²) >= 11 is 0. The number of benzene rings is 2. The zero-order valence-electron chi connectivity index (χ0n) is 14.7. The van der Waals surface area contributed by atoms with Crippen LogP contribution in [0.15, 0.2) is 76.9 Å². The van der Waals surface area contributed by atoms with Crippen molar-refractivity contribution in [1.29, 1.82) is 0 Å². The van der Waals surface area contributed by atoms with Crippen molar-refractivity contribution in [3.63, 3.8) is 0 Å². The first-order valence-electron chi connectivity index (χ1n) is 8.42. The molecule has 0 aliphatic rings. The molecule has 0 fully saturated rings. The molecule has 0 radical (unpaired) electrons. The van der Waals surface area contributed by atoms with Gasteiger partial charge in [0.2, 0.25) is 0 Å². The second-order valence-electron chi connectivity index (χ2n) is 5.63. The molecule has 0 saturated carbocycles. The van der Waals surface area contributed by atoms with Crippen LogP contribution in [0, 0.1) is 0 Å². The predicted molar refractivity (Wildman–Crippen MR) is 102 cm³/mol. The fourth-order valence-corrected chi connectivity index (χ4v) is 2.52. The van der Waals surface area contributed by atoms with Crippen molar-refractivity contribution in [1.82, 2.24) is 0 Å². The third-order valence-corrected chi connectivity index (χ3v) is 3.82. The van der Waals surface area contributed by atoms with Gasteiger partial charge in [-0.15, -0.1) is 0 Å². The van der Waals surface area contributed by atoms with Gasteiger partial charge >= 0.3 is 5.97 Å². The van der Waals surface area contributed by atoms with E-state index in [9.17, 15) is 4.79 Å². The van der Waals surface area contributed by atoms with Crippen LogP contribution in [0.25, 0.3) is 0 Å². The summed E-state index contributed by atoms with van der Waals surface area (Å²) in [7, 11) is 0. The molecule has 2 rings (SSSR count). The van der Waals surface area contributed by atoms with Gasteiger partial charge in [0.05, 0.1) is 12.3 Å². The van der Waals surface area contributed by atoms with Gasteiger partial charge in [-0.3, -0.25) is 4.99 Å². The van der Waals surface area contributed by atoms with Crippen molar-refractivity contribution < 1.29 is 9.53 Å². The van der Waals surface area contributed by atoms with Crippen LogP contribution in [0.1, 0.15) is 25.8 Å². The smallest absolute Gasteiger partial charge is 0.354 e. The van der Waals surface area contributed by atoms with Crippen LogP contribution in [0.5, 0.6) is 0 Å². The molecule has 0 unspecified atom stereocenters. The fourth-order valence-electron chi connectivity index (χ4n) is 2.52. The van der Waals surface area contributed by atoms with E-state index in [1.165, 1.54) is 5.56 Å². The normalized spacial score (nSPS) is 12.5. The molecule has 0 amide bonds. The molecular weight excluding hydrogens is 312 g/mol. The molecule has 0 bridgehead atoms. The van der Waals surface area contributed by atoms with Crippen LogP contribution >= 0.6 is 0 Å². The lowest BCUT2D eigenvalue weighted by Crippen LogP contribution is -2.20. The minimum atomic E-state index is -0.492. The maximum Gasteiger partial charge on any atom is 0.354 e. The zero-order valence-corrected chi connectivity index (χ0v) is 14.7. The Bertz CT molecular complexity index is 750. The molecule has 2 aromatic rings. The number of ether oxygens (including phenoxy) is 1. The number of nitrogens with two attached hydrogens (primary N) is 1. The van der Waals surface area contributed by atoms with Crippen LogP contribution in [0.3, 0.4) is 0 Å². The molecule has 0 spiro atoms. The van der Waals surface area contributed by atoms with Gasteiger partial charge in [-0.2, -0.15) is 0 Å². The quantitative estimate of drug-likeness (QED) is 0.468. The largest absolute Gasteiger partial charge is 0.461 e. The Labute approximate surface area is 149 Å². The number of para-hydroxylation sites is 1. The van der Waals surface area contributed by atoms with Gasteiger partial charge in [-0.05, 0) is 44.4 Å². The van der Waals surface area contributed by atoms with E-state index < -0.39 is 5.97 Å². The van der Waals surface area contributed by atoms with Crippen molar-refractivity contribution in [3.8, 4) is 0 Å². The van der Waals surface area contributed by atoms with E-state index >= 15 is 0 Å². The number of esters is 1. The summed E-state index contributed by atoms with van der Waals surface area (Å²) in [4.78, 5) is 16.7. The number of allylic oxidation sites excluding steroid dienone is 1. The van der Waals surface area contributed by atoms with Crippen LogP contribution in [0.4, 0.5) is 5.69 Å². The lowest BCUT2D eigenvalue weighted by molar-refractivity contribution is -0.138. The van der Waals surface area contributed by atoms with Crippen molar-refractivity contribution >= 4 is 17.4 Å². The van der Waals surface area contributed by atoms with Crippen LogP contribution < -0.4 is 5.73 Å². The second kappa shape index (κ2) is 9.42. The number of carbonyl (C=O) groups is 1. The zero-order chi connectivity index (χ0) is 18.1. The first-order chi connectivity index (χ1) is 12.1. The number of carbonyl (C=O) groups excluding carboxylic acids is 1. The average Bonchev–Trinajstić information content (AvgIpc) is 2.63. The summed E-state index contributed by atoms with van der Waals surface area (Å²) in [6.45, 7) is 3.93. The summed E-state index contributed by atoms with van der Waals surface area (Å²) in [6.07, 6.45) is 1.40. The highest BCUT2D eigenvalue weighted by Gasteiger charge is 2.16. The van der Waals surface area contributed by atoms with Gasteiger partial charge in [-0.1, -0.05) is 48.5 Å². The Hall–Kier alpha value is -2.88. The Morgan fingerprint density at radius 2 is 1.64 bits per heavy atom. The van der Waals surface area contributed by atoms with Gasteiger partial charge in [0.25, 0.3) is 0 Å². The standard InChI is InChI=1S/C21H24N2O2/c1-3-25-21(24)20(22)19(15-14-17-10-6-4-7-11-17)16(2)23-18-12-8-5-9-13-18/h4-13H,3,14-15,22H2,1-2H3/b20-19-,23-16?. The number of rotatable bonds is 7. The van der Waals surface area contributed by atoms with E-state index in [2.05, 4.69) is 17.1 Å². The van der Waals surface area contributed by atoms with Crippen LogP contribution in [-0.2, 0) is 16.0 Å². The summed E-state index contributed by atoms with van der Waals surface area (Å²) in [5.41, 5.74) is 9.69. The van der Waals surface area contributed by atoms with Crippen molar-refractivity contribution in [2.75, 3.05) is 6.61 Å². The van der Waals surface area contributed by atoms with Crippen molar-refractivity contribution in [2.24, 2.45) is 10.7 Å². The maximum absolute atomic E-state index is 12.1. The van der Waals surface area contributed by atoms with E-state index in [1.54, 1.807) is 6.92 Å². The molecule has 130 valence electrons. The number of aryl methyl sites for hydroxylation is 1. The molecule has 2 aromatic carbocycles. The monoisotopic (exact) mass is 336 g/mol. The Balaban J connectivity index is 2.29. The van der Waals surface area contributed by atoms with Crippen molar-refractivity contribution in [3.05, 3.63) is 77.5 Å². The molecule has 0 saturated heterocycles. The Morgan fingerprint density at radius 1 is 1.04 bits per heavy atom. The van der Waals surface area contributed by atoms with E-state index in [0.29, 0.717) is 13.0 Å². The van der Waals surface area contributed by atoms with E-state index in [-0.39, 0.29) is 5.70 Å². The maximum atomic E-state index is 12.1. The summed E-state index contributed by atoms with van der Waals surface area (Å²) in [5.74, 6) is -0.492. The molecular formula is C21H24N2O2. The summed E-state index contributed by atoms with van der Waals surface area (Å²) in [6, 6.07) is 19.7. The topological polar surface area (TPSA) is 64.7 Å². The van der Waals surface area contributed by atoms with E-state index in [1.807, 2.05) is 55.5 Å². The third-order valence-electron chi connectivity index (χ3n) is 3.82. The molecule has 0 aliphatic carbocycles. The lowest BCUT2D eigenvalue weighted by atomic mass is 9.99. The Morgan fingerprint density at radius 3 is 2.24 bits per heavy atom. The molecule has 4 nitrogen and oxygen atoms in total. The predicted octanol–water partition coefficient (Wildman–Crippen LogP) is 4.19. The van der Waals surface area contributed by atoms with Gasteiger partial charge in [0, 0.05) is 11.3 Å². The van der Waals surface area contributed by atoms with E-state index in [4.69, 9.17) is 10.5 Å².